The van der Waals surface area contributed by atoms with Gasteiger partial charge >= 0.3 is 6.09 Å². The number of aromatic nitrogens is 1. The first-order chi connectivity index (χ1) is 15.1. The number of amides is 1. The summed E-state index contributed by atoms with van der Waals surface area (Å²) in [4.78, 5) is 14.5. The molecule has 1 saturated heterocycles. The summed E-state index contributed by atoms with van der Waals surface area (Å²) >= 11 is 0. The zero-order chi connectivity index (χ0) is 21.8. The first-order valence-corrected chi connectivity index (χ1v) is 10.6. The van der Waals surface area contributed by atoms with Crippen LogP contribution in [-0.4, -0.2) is 34.4 Å². The van der Waals surface area contributed by atoms with E-state index in [1.807, 2.05) is 41.3 Å². The highest BCUT2D eigenvalue weighted by Gasteiger charge is 2.35. The fourth-order valence-corrected chi connectivity index (χ4v) is 4.33. The zero-order valence-electron chi connectivity index (χ0n) is 17.7. The maximum Gasteiger partial charge on any atom is 0.410 e. The Kier molecular flexibility index (Phi) is 6.07. The first kappa shape index (κ1) is 20.7. The van der Waals surface area contributed by atoms with E-state index in [2.05, 4.69) is 35.9 Å². The minimum absolute atomic E-state index is 0.115. The van der Waals surface area contributed by atoms with Gasteiger partial charge in [-0.3, -0.25) is 0 Å². The van der Waals surface area contributed by atoms with E-state index in [-0.39, 0.29) is 12.1 Å². The van der Waals surface area contributed by atoms with Gasteiger partial charge in [0.2, 0.25) is 0 Å². The third-order valence-electron chi connectivity index (χ3n) is 6.22. The lowest BCUT2D eigenvalue weighted by Gasteiger charge is -2.24. The van der Waals surface area contributed by atoms with Crippen molar-refractivity contribution in [2.24, 2.45) is 11.7 Å². The van der Waals surface area contributed by atoms with Crippen molar-refractivity contribution >= 4 is 28.8 Å². The molecule has 1 amide bonds. The lowest BCUT2D eigenvalue weighted by atomic mass is 10.0. The predicted molar refractivity (Wildman–Crippen MR) is 124 cm³/mol. The van der Waals surface area contributed by atoms with Crippen LogP contribution in [-0.2, 0) is 17.9 Å². The number of carbonyl (C=O) groups excluding carboxylic acids is 1. The summed E-state index contributed by atoms with van der Waals surface area (Å²) < 4.78 is 7.78. The van der Waals surface area contributed by atoms with Crippen molar-refractivity contribution < 1.29 is 9.53 Å². The van der Waals surface area contributed by atoms with Gasteiger partial charge in [-0.1, -0.05) is 36.4 Å². The van der Waals surface area contributed by atoms with Crippen LogP contribution in [0, 0.1) is 11.3 Å². The summed E-state index contributed by atoms with van der Waals surface area (Å²) in [5.74, 6) is 0.362. The maximum atomic E-state index is 12.6. The van der Waals surface area contributed by atoms with Crippen molar-refractivity contribution in [2.75, 3.05) is 6.54 Å². The number of benzene rings is 2. The highest BCUT2D eigenvalue weighted by atomic mass is 16.6. The lowest BCUT2D eigenvalue weighted by Crippen LogP contribution is -2.37. The predicted octanol–water partition coefficient (Wildman–Crippen LogP) is 4.64. The second kappa shape index (κ2) is 9.08. The molecule has 1 fully saturated rings. The molecule has 0 spiro atoms. The Morgan fingerprint density at radius 2 is 2.03 bits per heavy atom. The Balaban J connectivity index is 1.41. The number of nitrogens with zero attached hydrogens (tertiary/aromatic N) is 2. The first-order valence-electron chi connectivity index (χ1n) is 10.6. The monoisotopic (exact) mass is 416 g/mol. The van der Waals surface area contributed by atoms with Crippen LogP contribution in [0.25, 0.3) is 16.5 Å². The van der Waals surface area contributed by atoms with Crippen molar-refractivity contribution in [3.05, 3.63) is 78.1 Å². The molecule has 0 radical (unpaired) electrons. The molecule has 2 aromatic carbocycles. The molecule has 2 heterocycles. The van der Waals surface area contributed by atoms with E-state index in [0.29, 0.717) is 24.6 Å². The maximum absolute atomic E-state index is 12.6. The van der Waals surface area contributed by atoms with Gasteiger partial charge in [-0.15, -0.1) is 0 Å². The fourth-order valence-electron chi connectivity index (χ4n) is 4.33. The van der Waals surface area contributed by atoms with E-state index < -0.39 is 0 Å². The number of likely N-dealkylation sites (tertiary alicyclic amines) is 1. The summed E-state index contributed by atoms with van der Waals surface area (Å²) in [6.45, 7) is 3.96. The number of rotatable bonds is 6. The van der Waals surface area contributed by atoms with Gasteiger partial charge in [0.1, 0.15) is 6.61 Å². The second-order valence-electron chi connectivity index (χ2n) is 8.03. The second-order valence-corrected chi connectivity index (χ2v) is 8.03. The SMILES string of the molecule is CC1C(Cn2ccc3cc(/C(C=N)=C/N)ccc32)CCN1C(=O)OCc1ccccc1. The largest absolute Gasteiger partial charge is 0.445 e. The third-order valence-corrected chi connectivity index (χ3v) is 6.22. The molecule has 1 aliphatic rings. The zero-order valence-corrected chi connectivity index (χ0v) is 17.7. The van der Waals surface area contributed by atoms with Crippen molar-refractivity contribution in [2.45, 2.75) is 32.5 Å². The minimum Gasteiger partial charge on any atom is -0.445 e. The number of hydrogen-bond donors (Lipinski definition) is 2. The van der Waals surface area contributed by atoms with Crippen LogP contribution < -0.4 is 5.73 Å². The van der Waals surface area contributed by atoms with E-state index in [0.717, 1.165) is 35.0 Å². The molecule has 0 saturated carbocycles. The molecule has 6 nitrogen and oxygen atoms in total. The van der Waals surface area contributed by atoms with Gasteiger partial charge in [-0.2, -0.15) is 0 Å². The van der Waals surface area contributed by atoms with Gasteiger partial charge in [0.25, 0.3) is 0 Å². The molecule has 4 rings (SSSR count). The highest BCUT2D eigenvalue weighted by Crippen LogP contribution is 2.29. The Labute approximate surface area is 182 Å². The van der Waals surface area contributed by atoms with Crippen molar-refractivity contribution in [3.63, 3.8) is 0 Å². The molecule has 0 bridgehead atoms. The van der Waals surface area contributed by atoms with Crippen LogP contribution in [0.5, 0.6) is 0 Å². The lowest BCUT2D eigenvalue weighted by molar-refractivity contribution is 0.0905. The Morgan fingerprint density at radius 1 is 1.23 bits per heavy atom. The van der Waals surface area contributed by atoms with Crippen LogP contribution in [0.1, 0.15) is 24.5 Å². The molecule has 31 heavy (non-hydrogen) atoms. The molecular formula is C25H28N4O2. The number of carbonyl (C=O) groups is 1. The summed E-state index contributed by atoms with van der Waals surface area (Å²) in [6.07, 6.45) is 5.52. The topological polar surface area (TPSA) is 84.3 Å². The smallest absolute Gasteiger partial charge is 0.410 e. The van der Waals surface area contributed by atoms with Crippen LogP contribution >= 0.6 is 0 Å². The quantitative estimate of drug-likeness (QED) is 0.574. The molecule has 3 N–H and O–H groups in total. The van der Waals surface area contributed by atoms with E-state index >= 15 is 0 Å². The summed E-state index contributed by atoms with van der Waals surface area (Å²) in [6, 6.07) is 18.1. The molecule has 1 aliphatic heterocycles. The van der Waals surface area contributed by atoms with Gasteiger partial charge < -0.3 is 25.3 Å². The van der Waals surface area contributed by atoms with Crippen molar-refractivity contribution in [3.8, 4) is 0 Å². The molecule has 1 aromatic heterocycles. The van der Waals surface area contributed by atoms with E-state index in [4.69, 9.17) is 15.9 Å². The summed E-state index contributed by atoms with van der Waals surface area (Å²) in [5.41, 5.74) is 9.39. The summed E-state index contributed by atoms with van der Waals surface area (Å²) in [5, 5.41) is 8.61. The van der Waals surface area contributed by atoms with Crippen molar-refractivity contribution in [1.82, 2.24) is 9.47 Å². The van der Waals surface area contributed by atoms with Gasteiger partial charge in [0.05, 0.1) is 0 Å². The molecule has 2 unspecified atom stereocenters. The molecule has 160 valence electrons. The van der Waals surface area contributed by atoms with Crippen LogP contribution in [0.2, 0.25) is 0 Å². The molecule has 0 aliphatic carbocycles. The van der Waals surface area contributed by atoms with E-state index in [1.165, 1.54) is 12.4 Å². The normalized spacial score (nSPS) is 19.0. The average molecular weight is 417 g/mol. The van der Waals surface area contributed by atoms with E-state index in [1.54, 1.807) is 0 Å². The van der Waals surface area contributed by atoms with Gasteiger partial charge in [-0.25, -0.2) is 4.79 Å². The van der Waals surface area contributed by atoms with Crippen LogP contribution in [0.3, 0.4) is 0 Å². The van der Waals surface area contributed by atoms with Gasteiger partial charge in [0, 0.05) is 54.2 Å². The third kappa shape index (κ3) is 4.33. The standard InChI is InChI=1S/C25H28N4O2/c1-18-22(10-12-29(18)25(30)31-17-19-5-3-2-4-6-19)16-28-11-9-21-13-20(7-8-24(21)28)23(14-26)15-27/h2-9,11,13-15,18,22,26H,10,12,16-17,27H2,1H3/b23-15+,26-14?. The van der Waals surface area contributed by atoms with Gasteiger partial charge in [0.15, 0.2) is 0 Å². The number of hydrogen-bond acceptors (Lipinski definition) is 4. The minimum atomic E-state index is -0.242. The van der Waals surface area contributed by atoms with Crippen LogP contribution in [0.15, 0.2) is 67.0 Å². The Hall–Kier alpha value is -3.54. The number of nitrogens with one attached hydrogen (secondary N) is 1. The van der Waals surface area contributed by atoms with Gasteiger partial charge in [-0.05, 0) is 48.6 Å². The average Bonchev–Trinajstić information content (AvgIpc) is 3.37. The summed E-state index contributed by atoms with van der Waals surface area (Å²) in [7, 11) is 0. The molecule has 3 aromatic rings. The Morgan fingerprint density at radius 3 is 2.77 bits per heavy atom. The number of nitrogens with two attached hydrogens (primary N) is 1. The van der Waals surface area contributed by atoms with Crippen LogP contribution in [0.4, 0.5) is 4.79 Å². The number of allylic oxidation sites excluding steroid dienone is 1. The molecular weight excluding hydrogens is 388 g/mol. The highest BCUT2D eigenvalue weighted by molar-refractivity contribution is 6.09. The van der Waals surface area contributed by atoms with Crippen molar-refractivity contribution in [1.29, 1.82) is 5.41 Å². The van der Waals surface area contributed by atoms with E-state index in [9.17, 15) is 4.79 Å². The number of ether oxygens (including phenoxy) is 1. The fraction of sp³-hybridized carbons (Fsp3) is 0.280. The molecule has 2 atom stereocenters. The Bertz CT molecular complexity index is 1100. The number of fused-ring (bicyclic) bond motifs is 1. The molecule has 6 heteroatoms.